The average Bonchev–Trinajstić information content (AvgIpc) is 2.57. The van der Waals surface area contributed by atoms with Crippen molar-refractivity contribution in [3.05, 3.63) is 0 Å². The molecule has 0 aromatic carbocycles. The van der Waals surface area contributed by atoms with Crippen molar-refractivity contribution < 1.29 is 0 Å². The SMILES string of the molecule is CCCCCCCCCC(N(CCC)CCC)N(CCC)CCC. The van der Waals surface area contributed by atoms with Crippen molar-refractivity contribution >= 4 is 0 Å². The van der Waals surface area contributed by atoms with E-state index in [2.05, 4.69) is 44.4 Å². The Kier molecular flexibility index (Phi) is 17.7. The molecule has 24 heavy (non-hydrogen) atoms. The Morgan fingerprint density at radius 3 is 1.21 bits per heavy atom. The van der Waals surface area contributed by atoms with Crippen LogP contribution in [0.2, 0.25) is 0 Å². The maximum absolute atomic E-state index is 2.78. The van der Waals surface area contributed by atoms with E-state index in [1.807, 2.05) is 0 Å². The summed E-state index contributed by atoms with van der Waals surface area (Å²) in [6, 6.07) is 0. The van der Waals surface area contributed by atoms with E-state index in [1.165, 1.54) is 103 Å². The fraction of sp³-hybridized carbons (Fsp3) is 1.00. The lowest BCUT2D eigenvalue weighted by atomic mass is 10.1. The Bertz CT molecular complexity index is 214. The van der Waals surface area contributed by atoms with Crippen molar-refractivity contribution in [1.29, 1.82) is 0 Å². The van der Waals surface area contributed by atoms with Crippen LogP contribution >= 0.6 is 0 Å². The molecule has 0 aliphatic rings. The molecule has 0 bridgehead atoms. The number of rotatable bonds is 18. The third kappa shape index (κ3) is 11.5. The van der Waals surface area contributed by atoms with Crippen LogP contribution in [-0.2, 0) is 0 Å². The highest BCUT2D eigenvalue weighted by molar-refractivity contribution is 4.74. The van der Waals surface area contributed by atoms with Crippen molar-refractivity contribution in [2.75, 3.05) is 26.2 Å². The summed E-state index contributed by atoms with van der Waals surface area (Å²) in [7, 11) is 0. The highest BCUT2D eigenvalue weighted by Crippen LogP contribution is 2.18. The lowest BCUT2D eigenvalue weighted by Gasteiger charge is -2.40. The summed E-state index contributed by atoms with van der Waals surface area (Å²) in [6.07, 6.45) is 17.1. The van der Waals surface area contributed by atoms with Gasteiger partial charge in [-0.2, -0.15) is 0 Å². The predicted molar refractivity (Wildman–Crippen MR) is 111 cm³/mol. The molecule has 0 aromatic rings. The molecule has 0 fully saturated rings. The lowest BCUT2D eigenvalue weighted by molar-refractivity contribution is 0.0329. The predicted octanol–water partition coefficient (Wildman–Crippen LogP) is 6.70. The molecular formula is C22H48N2. The van der Waals surface area contributed by atoms with Gasteiger partial charge in [0.2, 0.25) is 0 Å². The lowest BCUT2D eigenvalue weighted by Crippen LogP contribution is -2.49. The first-order valence-electron chi connectivity index (χ1n) is 11.2. The van der Waals surface area contributed by atoms with E-state index in [9.17, 15) is 0 Å². The first kappa shape index (κ1) is 23.9. The van der Waals surface area contributed by atoms with Crippen molar-refractivity contribution in [3.63, 3.8) is 0 Å². The smallest absolute Gasteiger partial charge is 0.0622 e. The van der Waals surface area contributed by atoms with Crippen LogP contribution in [0.3, 0.4) is 0 Å². The van der Waals surface area contributed by atoms with Gasteiger partial charge in [-0.3, -0.25) is 9.80 Å². The maximum Gasteiger partial charge on any atom is 0.0622 e. The topological polar surface area (TPSA) is 6.48 Å². The highest BCUT2D eigenvalue weighted by Gasteiger charge is 2.22. The molecule has 0 N–H and O–H groups in total. The summed E-state index contributed by atoms with van der Waals surface area (Å²) in [6.45, 7) is 16.7. The van der Waals surface area contributed by atoms with Crippen molar-refractivity contribution in [2.24, 2.45) is 0 Å². The van der Waals surface area contributed by atoms with E-state index < -0.39 is 0 Å². The molecule has 0 aromatic heterocycles. The van der Waals surface area contributed by atoms with E-state index >= 15 is 0 Å². The van der Waals surface area contributed by atoms with Gasteiger partial charge in [0.25, 0.3) is 0 Å². The fourth-order valence-corrected chi connectivity index (χ4v) is 3.85. The Morgan fingerprint density at radius 2 is 0.833 bits per heavy atom. The first-order valence-corrected chi connectivity index (χ1v) is 11.2. The maximum atomic E-state index is 2.78. The Balaban J connectivity index is 4.53. The second kappa shape index (κ2) is 17.7. The standard InChI is InChI=1S/C22H48N2/c1-6-11-12-13-14-15-16-17-22(23(18-7-2)19-8-3)24(20-9-4)21-10-5/h22H,6-21H2,1-5H3. The zero-order valence-electron chi connectivity index (χ0n) is 17.8. The van der Waals surface area contributed by atoms with Crippen LogP contribution in [0.1, 0.15) is 112 Å². The largest absolute Gasteiger partial charge is 0.288 e. The molecule has 0 aliphatic carbocycles. The third-order valence-corrected chi connectivity index (χ3v) is 4.95. The van der Waals surface area contributed by atoms with E-state index in [4.69, 9.17) is 0 Å². The van der Waals surface area contributed by atoms with Crippen LogP contribution in [0.4, 0.5) is 0 Å². The van der Waals surface area contributed by atoms with Crippen molar-refractivity contribution in [3.8, 4) is 0 Å². The second-order valence-corrected chi connectivity index (χ2v) is 7.46. The van der Waals surface area contributed by atoms with Gasteiger partial charge in [0.05, 0.1) is 6.17 Å². The van der Waals surface area contributed by atoms with Crippen molar-refractivity contribution in [1.82, 2.24) is 9.80 Å². The zero-order valence-corrected chi connectivity index (χ0v) is 17.8. The van der Waals surface area contributed by atoms with Gasteiger partial charge in [-0.1, -0.05) is 79.6 Å². The van der Waals surface area contributed by atoms with Gasteiger partial charge in [-0.05, 0) is 58.3 Å². The summed E-state index contributed by atoms with van der Waals surface area (Å²) in [5, 5.41) is 0. The normalized spacial score (nSPS) is 12.0. The van der Waals surface area contributed by atoms with Gasteiger partial charge in [-0.25, -0.2) is 0 Å². The Hall–Kier alpha value is -0.0800. The molecule has 0 saturated carbocycles. The summed E-state index contributed by atoms with van der Waals surface area (Å²) in [5.74, 6) is 0. The van der Waals surface area contributed by atoms with Crippen LogP contribution in [0.25, 0.3) is 0 Å². The van der Waals surface area contributed by atoms with E-state index in [1.54, 1.807) is 0 Å². The minimum absolute atomic E-state index is 0.681. The van der Waals surface area contributed by atoms with E-state index in [0.29, 0.717) is 6.17 Å². The molecule has 0 saturated heterocycles. The fourth-order valence-electron chi connectivity index (χ4n) is 3.85. The molecule has 0 amide bonds. The molecule has 146 valence electrons. The van der Waals surface area contributed by atoms with Gasteiger partial charge >= 0.3 is 0 Å². The van der Waals surface area contributed by atoms with Crippen LogP contribution < -0.4 is 0 Å². The highest BCUT2D eigenvalue weighted by atomic mass is 15.3. The quantitative estimate of drug-likeness (QED) is 0.202. The molecule has 0 spiro atoms. The second-order valence-electron chi connectivity index (χ2n) is 7.46. The van der Waals surface area contributed by atoms with Crippen LogP contribution in [0.15, 0.2) is 0 Å². The van der Waals surface area contributed by atoms with Crippen molar-refractivity contribution in [2.45, 2.75) is 118 Å². The molecule has 0 aliphatic heterocycles. The monoisotopic (exact) mass is 340 g/mol. The summed E-state index contributed by atoms with van der Waals surface area (Å²) < 4.78 is 0. The minimum atomic E-state index is 0.681. The number of hydrogen-bond donors (Lipinski definition) is 0. The molecule has 0 rings (SSSR count). The van der Waals surface area contributed by atoms with E-state index in [-0.39, 0.29) is 0 Å². The van der Waals surface area contributed by atoms with Gasteiger partial charge in [0.15, 0.2) is 0 Å². The number of unbranched alkanes of at least 4 members (excludes halogenated alkanes) is 6. The van der Waals surface area contributed by atoms with Gasteiger partial charge in [0.1, 0.15) is 0 Å². The third-order valence-electron chi connectivity index (χ3n) is 4.95. The number of nitrogens with zero attached hydrogens (tertiary/aromatic N) is 2. The average molecular weight is 341 g/mol. The van der Waals surface area contributed by atoms with Gasteiger partial charge in [0, 0.05) is 0 Å². The summed E-state index contributed by atoms with van der Waals surface area (Å²) in [5.41, 5.74) is 0. The number of hydrogen-bond acceptors (Lipinski definition) is 2. The molecule has 0 atom stereocenters. The van der Waals surface area contributed by atoms with Gasteiger partial charge < -0.3 is 0 Å². The van der Waals surface area contributed by atoms with Crippen LogP contribution in [-0.4, -0.2) is 42.1 Å². The summed E-state index contributed by atoms with van der Waals surface area (Å²) in [4.78, 5) is 5.56. The Morgan fingerprint density at radius 1 is 0.458 bits per heavy atom. The van der Waals surface area contributed by atoms with Crippen LogP contribution in [0.5, 0.6) is 0 Å². The summed E-state index contributed by atoms with van der Waals surface area (Å²) >= 11 is 0. The molecule has 0 radical (unpaired) electrons. The van der Waals surface area contributed by atoms with Crippen LogP contribution in [0, 0.1) is 0 Å². The van der Waals surface area contributed by atoms with E-state index in [0.717, 1.165) is 0 Å². The molecular weight excluding hydrogens is 292 g/mol. The first-order chi connectivity index (χ1) is 11.7. The molecule has 2 nitrogen and oxygen atoms in total. The minimum Gasteiger partial charge on any atom is -0.288 e. The molecule has 2 heteroatoms. The zero-order chi connectivity index (χ0) is 18.0. The molecule has 0 unspecified atom stereocenters. The van der Waals surface area contributed by atoms with Gasteiger partial charge in [-0.15, -0.1) is 0 Å². The molecule has 0 heterocycles. The Labute approximate surface area is 154 Å².